The molecule has 0 aliphatic carbocycles. The highest BCUT2D eigenvalue weighted by atomic mass is 32.2. The Morgan fingerprint density at radius 2 is 2.14 bits per heavy atom. The molecule has 1 aromatic heterocycles. The van der Waals surface area contributed by atoms with E-state index in [1.807, 2.05) is 0 Å². The smallest absolute Gasteiger partial charge is 0.313 e. The van der Waals surface area contributed by atoms with Crippen LogP contribution in [0.15, 0.2) is 4.34 Å². The normalized spacial score (nSPS) is 11.1. The van der Waals surface area contributed by atoms with Crippen molar-refractivity contribution >= 4 is 50.2 Å². The summed E-state index contributed by atoms with van der Waals surface area (Å²) in [6.45, 7) is 1.81. The zero-order valence-electron chi connectivity index (χ0n) is 10.9. The van der Waals surface area contributed by atoms with E-state index < -0.39 is 27.7 Å². The topological polar surface area (TPSA) is 136 Å². The lowest BCUT2D eigenvalue weighted by atomic mass is 10.5. The fourth-order valence-corrected chi connectivity index (χ4v) is 3.78. The molecule has 0 aromatic carbocycles. The van der Waals surface area contributed by atoms with Crippen molar-refractivity contribution in [1.29, 1.82) is 0 Å². The van der Waals surface area contributed by atoms with Gasteiger partial charge in [-0.05, 0) is 6.92 Å². The van der Waals surface area contributed by atoms with Crippen molar-refractivity contribution < 1.29 is 27.9 Å². The minimum absolute atomic E-state index is 0.0201. The molecule has 1 aromatic rings. The number of sulfonamides is 1. The van der Waals surface area contributed by atoms with Crippen LogP contribution in [0.5, 0.6) is 0 Å². The van der Waals surface area contributed by atoms with Gasteiger partial charge in [-0.25, -0.2) is 8.42 Å². The van der Waals surface area contributed by atoms with Crippen LogP contribution < -0.4 is 4.72 Å². The minimum atomic E-state index is -3.73. The number of nitrogens with zero attached hydrogens (tertiary/aromatic N) is 2. The lowest BCUT2D eigenvalue weighted by Crippen LogP contribution is -2.19. The first-order valence-electron chi connectivity index (χ1n) is 5.66. The number of thioether (sulfide) groups is 1. The highest BCUT2D eigenvalue weighted by Crippen LogP contribution is 2.25. The maximum absolute atomic E-state index is 11.7. The van der Waals surface area contributed by atoms with Crippen molar-refractivity contribution in [3.63, 3.8) is 0 Å². The van der Waals surface area contributed by atoms with E-state index in [2.05, 4.69) is 19.7 Å². The number of nitrogens with one attached hydrogen (secondary N) is 1. The average Bonchev–Trinajstić information content (AvgIpc) is 2.81. The third-order valence-corrected chi connectivity index (χ3v) is 5.18. The van der Waals surface area contributed by atoms with Crippen LogP contribution in [0.25, 0.3) is 0 Å². The number of esters is 1. The first-order valence-corrected chi connectivity index (χ1v) is 9.12. The number of rotatable bonds is 9. The number of hydrogen-bond acceptors (Lipinski definition) is 9. The molecule has 1 heterocycles. The number of carboxylic acid groups (broad SMARTS) is 1. The SMILES string of the molecule is CCOC(=O)CCS(=O)(=O)Nc1nnc(SCC(=O)O)s1. The van der Waals surface area contributed by atoms with Gasteiger partial charge in [-0.1, -0.05) is 23.1 Å². The summed E-state index contributed by atoms with van der Waals surface area (Å²) in [4.78, 5) is 21.5. The molecule has 12 heteroatoms. The molecule has 0 fully saturated rings. The number of aromatic nitrogens is 2. The number of ether oxygens (including phenoxy) is 1. The van der Waals surface area contributed by atoms with Crippen LogP contribution in [0.2, 0.25) is 0 Å². The second-order valence-electron chi connectivity index (χ2n) is 3.53. The van der Waals surface area contributed by atoms with Gasteiger partial charge in [0.15, 0.2) is 4.34 Å². The van der Waals surface area contributed by atoms with Gasteiger partial charge >= 0.3 is 11.9 Å². The number of aliphatic carboxylic acids is 1. The standard InChI is InChI=1S/C9H13N3O6S3/c1-2-18-7(15)3-4-21(16,17)12-8-10-11-9(20-8)19-5-6(13)14/h2-5H2,1H3,(H,10,12)(H,13,14). The molecule has 1 rings (SSSR count). The summed E-state index contributed by atoms with van der Waals surface area (Å²) in [5, 5.41) is 15.8. The maximum atomic E-state index is 11.7. The third kappa shape index (κ3) is 7.24. The molecule has 2 N–H and O–H groups in total. The number of carboxylic acids is 1. The summed E-state index contributed by atoms with van der Waals surface area (Å²) >= 11 is 1.85. The Morgan fingerprint density at radius 3 is 2.76 bits per heavy atom. The second-order valence-corrected chi connectivity index (χ2v) is 7.57. The van der Waals surface area contributed by atoms with Crippen LogP contribution in [0.1, 0.15) is 13.3 Å². The Kier molecular flexibility index (Phi) is 6.84. The molecular weight excluding hydrogens is 342 g/mol. The van der Waals surface area contributed by atoms with Crippen molar-refractivity contribution in [3.8, 4) is 0 Å². The first kappa shape index (κ1) is 17.7. The van der Waals surface area contributed by atoms with Crippen molar-refractivity contribution in [2.45, 2.75) is 17.7 Å². The molecule has 0 unspecified atom stereocenters. The number of carbonyl (C=O) groups is 2. The van der Waals surface area contributed by atoms with Gasteiger partial charge in [0.25, 0.3) is 0 Å². The van der Waals surface area contributed by atoms with Crippen LogP contribution >= 0.6 is 23.1 Å². The Balaban J connectivity index is 2.51. The molecule has 0 aliphatic rings. The summed E-state index contributed by atoms with van der Waals surface area (Å²) in [5.41, 5.74) is 0. The predicted molar refractivity (Wildman–Crippen MR) is 76.9 cm³/mol. The van der Waals surface area contributed by atoms with Gasteiger partial charge in [0, 0.05) is 0 Å². The zero-order valence-corrected chi connectivity index (χ0v) is 13.4. The molecule has 0 radical (unpaired) electrons. The van der Waals surface area contributed by atoms with Crippen LogP contribution in [-0.2, 0) is 24.3 Å². The van der Waals surface area contributed by atoms with Gasteiger partial charge in [0.05, 0.1) is 24.5 Å². The molecule has 0 spiro atoms. The third-order valence-electron chi connectivity index (χ3n) is 1.85. The molecular formula is C9H13N3O6S3. The molecule has 9 nitrogen and oxygen atoms in total. The van der Waals surface area contributed by atoms with Crippen LogP contribution in [0.3, 0.4) is 0 Å². The predicted octanol–water partition coefficient (Wildman–Crippen LogP) is 0.410. The van der Waals surface area contributed by atoms with Crippen LogP contribution in [0.4, 0.5) is 5.13 Å². The average molecular weight is 355 g/mol. The number of anilines is 1. The van der Waals surface area contributed by atoms with Gasteiger partial charge in [-0.3, -0.25) is 14.3 Å². The summed E-state index contributed by atoms with van der Waals surface area (Å²) in [7, 11) is -3.73. The van der Waals surface area contributed by atoms with Crippen LogP contribution in [-0.4, -0.2) is 53.8 Å². The van der Waals surface area contributed by atoms with Crippen molar-refractivity contribution in [2.24, 2.45) is 0 Å². The van der Waals surface area contributed by atoms with E-state index in [-0.39, 0.29) is 23.9 Å². The Morgan fingerprint density at radius 1 is 1.43 bits per heavy atom. The quantitative estimate of drug-likeness (QED) is 0.476. The molecule has 0 amide bonds. The maximum Gasteiger partial charge on any atom is 0.313 e. The van der Waals surface area contributed by atoms with Gasteiger partial charge in [-0.2, -0.15) is 0 Å². The van der Waals surface area contributed by atoms with Crippen molar-refractivity contribution in [3.05, 3.63) is 0 Å². The summed E-state index contributed by atoms with van der Waals surface area (Å²) in [6, 6.07) is 0. The lowest BCUT2D eigenvalue weighted by molar-refractivity contribution is -0.142. The van der Waals surface area contributed by atoms with E-state index >= 15 is 0 Å². The summed E-state index contributed by atoms with van der Waals surface area (Å²) in [6.07, 6.45) is -0.261. The van der Waals surface area contributed by atoms with Crippen molar-refractivity contribution in [1.82, 2.24) is 10.2 Å². The number of hydrogen-bond donors (Lipinski definition) is 2. The molecule has 21 heavy (non-hydrogen) atoms. The molecule has 0 bridgehead atoms. The Labute approximate surface area is 129 Å². The Hall–Kier alpha value is -1.40. The fraction of sp³-hybridized carbons (Fsp3) is 0.556. The van der Waals surface area contributed by atoms with Crippen LogP contribution in [0, 0.1) is 0 Å². The first-order chi connectivity index (χ1) is 9.82. The summed E-state index contributed by atoms with van der Waals surface area (Å²) < 4.78 is 30.5. The van der Waals surface area contributed by atoms with E-state index in [0.717, 1.165) is 23.1 Å². The minimum Gasteiger partial charge on any atom is -0.481 e. The fourth-order valence-electron chi connectivity index (χ4n) is 1.07. The zero-order chi connectivity index (χ0) is 15.9. The highest BCUT2D eigenvalue weighted by molar-refractivity contribution is 8.01. The van der Waals surface area contributed by atoms with E-state index in [1.54, 1.807) is 6.92 Å². The molecule has 0 saturated carbocycles. The van der Waals surface area contributed by atoms with Crippen molar-refractivity contribution in [2.75, 3.05) is 22.8 Å². The lowest BCUT2D eigenvalue weighted by Gasteiger charge is -2.04. The summed E-state index contributed by atoms with van der Waals surface area (Å²) in [5.74, 6) is -2.22. The van der Waals surface area contributed by atoms with Gasteiger partial charge < -0.3 is 9.84 Å². The van der Waals surface area contributed by atoms with E-state index in [0.29, 0.717) is 4.34 Å². The van der Waals surface area contributed by atoms with Gasteiger partial charge in [0.1, 0.15) is 0 Å². The highest BCUT2D eigenvalue weighted by Gasteiger charge is 2.17. The van der Waals surface area contributed by atoms with E-state index in [9.17, 15) is 18.0 Å². The monoisotopic (exact) mass is 355 g/mol. The van der Waals surface area contributed by atoms with Gasteiger partial charge in [-0.15, -0.1) is 10.2 Å². The van der Waals surface area contributed by atoms with E-state index in [1.165, 1.54) is 0 Å². The number of carbonyl (C=O) groups excluding carboxylic acids is 1. The molecule has 118 valence electrons. The molecule has 0 atom stereocenters. The second kappa shape index (κ2) is 8.14. The largest absolute Gasteiger partial charge is 0.481 e. The van der Waals surface area contributed by atoms with Gasteiger partial charge in [0.2, 0.25) is 15.2 Å². The van der Waals surface area contributed by atoms with E-state index in [4.69, 9.17) is 5.11 Å². The molecule has 0 aliphatic heterocycles. The molecule has 0 saturated heterocycles. The Bertz CT molecular complexity index is 600.